The molecule has 1 fully saturated rings. The van der Waals surface area contributed by atoms with Gasteiger partial charge in [0, 0.05) is 26.2 Å². The summed E-state index contributed by atoms with van der Waals surface area (Å²) >= 11 is 0. The van der Waals surface area contributed by atoms with Gasteiger partial charge in [-0.2, -0.15) is 4.98 Å². The van der Waals surface area contributed by atoms with E-state index in [1.54, 1.807) is 4.90 Å². The molecular weight excluding hydrogens is 256 g/mol. The van der Waals surface area contributed by atoms with E-state index in [-0.39, 0.29) is 12.5 Å². The number of piperazine rings is 1. The number of nitrogens with two attached hydrogens (primary N) is 1. The molecule has 6 nitrogen and oxygen atoms in total. The highest BCUT2D eigenvalue weighted by Gasteiger charge is 2.23. The number of rotatable bonds is 2. The second-order valence-corrected chi connectivity index (χ2v) is 5.04. The lowest BCUT2D eigenvalue weighted by Gasteiger charge is -2.33. The standard InChI is InChI=1S/C14H18N4O2/c1-10-2-3-12-11(8-10)16-14(20-12)18-6-4-17(5-7-18)13(19)9-15/h2-3,8H,4-7,9,15H2,1H3. The summed E-state index contributed by atoms with van der Waals surface area (Å²) in [5.74, 6) is -0.00200. The third-order valence-corrected chi connectivity index (χ3v) is 3.61. The summed E-state index contributed by atoms with van der Waals surface area (Å²) in [6.07, 6.45) is 0. The molecule has 0 aliphatic carbocycles. The van der Waals surface area contributed by atoms with Gasteiger partial charge in [-0.3, -0.25) is 4.79 Å². The molecule has 1 amide bonds. The van der Waals surface area contributed by atoms with Crippen molar-refractivity contribution in [1.82, 2.24) is 9.88 Å². The summed E-state index contributed by atoms with van der Waals surface area (Å²) < 4.78 is 5.77. The average molecular weight is 274 g/mol. The Hall–Kier alpha value is -2.08. The molecule has 6 heteroatoms. The van der Waals surface area contributed by atoms with E-state index in [4.69, 9.17) is 10.2 Å². The maximum Gasteiger partial charge on any atom is 0.298 e. The number of aromatic nitrogens is 1. The summed E-state index contributed by atoms with van der Waals surface area (Å²) in [4.78, 5) is 19.9. The van der Waals surface area contributed by atoms with E-state index >= 15 is 0 Å². The highest BCUT2D eigenvalue weighted by Crippen LogP contribution is 2.23. The number of carbonyl (C=O) groups excluding carboxylic acids is 1. The van der Waals surface area contributed by atoms with Crippen LogP contribution in [0.2, 0.25) is 0 Å². The summed E-state index contributed by atoms with van der Waals surface area (Å²) in [6.45, 7) is 4.86. The third kappa shape index (κ3) is 2.34. The van der Waals surface area contributed by atoms with Crippen LogP contribution in [0.4, 0.5) is 6.01 Å². The Morgan fingerprint density at radius 2 is 2.10 bits per heavy atom. The fraction of sp³-hybridized carbons (Fsp3) is 0.429. The van der Waals surface area contributed by atoms with Crippen LogP contribution in [0, 0.1) is 6.92 Å². The van der Waals surface area contributed by atoms with Gasteiger partial charge in [-0.15, -0.1) is 0 Å². The van der Waals surface area contributed by atoms with Crippen LogP contribution in [0.15, 0.2) is 22.6 Å². The molecule has 0 unspecified atom stereocenters. The van der Waals surface area contributed by atoms with Crippen molar-refractivity contribution in [1.29, 1.82) is 0 Å². The maximum atomic E-state index is 11.5. The van der Waals surface area contributed by atoms with Gasteiger partial charge in [-0.1, -0.05) is 6.07 Å². The van der Waals surface area contributed by atoms with Crippen molar-refractivity contribution in [2.24, 2.45) is 5.73 Å². The lowest BCUT2D eigenvalue weighted by Crippen LogP contribution is -2.50. The molecule has 0 radical (unpaired) electrons. The Balaban J connectivity index is 1.75. The Labute approximate surface area is 117 Å². The molecule has 106 valence electrons. The molecule has 0 bridgehead atoms. The lowest BCUT2D eigenvalue weighted by atomic mass is 10.2. The first-order chi connectivity index (χ1) is 9.67. The third-order valence-electron chi connectivity index (χ3n) is 3.61. The topological polar surface area (TPSA) is 75.6 Å². The van der Waals surface area contributed by atoms with Gasteiger partial charge in [-0.05, 0) is 24.6 Å². The average Bonchev–Trinajstić information content (AvgIpc) is 2.89. The highest BCUT2D eigenvalue weighted by atomic mass is 16.4. The SMILES string of the molecule is Cc1ccc2oc(N3CCN(C(=O)CN)CC3)nc2c1. The number of aryl methyl sites for hydroxylation is 1. The summed E-state index contributed by atoms with van der Waals surface area (Å²) in [6, 6.07) is 6.59. The molecular formula is C14H18N4O2. The van der Waals surface area contributed by atoms with E-state index < -0.39 is 0 Å². The van der Waals surface area contributed by atoms with Crippen LogP contribution in [0.25, 0.3) is 11.1 Å². The minimum Gasteiger partial charge on any atom is -0.423 e. The minimum absolute atomic E-state index is 0.00200. The monoisotopic (exact) mass is 274 g/mol. The second-order valence-electron chi connectivity index (χ2n) is 5.04. The van der Waals surface area contributed by atoms with Gasteiger partial charge in [0.2, 0.25) is 5.91 Å². The van der Waals surface area contributed by atoms with Crippen LogP contribution in [0.3, 0.4) is 0 Å². The normalized spacial score (nSPS) is 15.9. The van der Waals surface area contributed by atoms with E-state index in [0.29, 0.717) is 19.1 Å². The lowest BCUT2D eigenvalue weighted by molar-refractivity contribution is -0.129. The molecule has 1 saturated heterocycles. The van der Waals surface area contributed by atoms with Crippen LogP contribution in [-0.2, 0) is 4.79 Å². The zero-order valence-electron chi connectivity index (χ0n) is 11.5. The van der Waals surface area contributed by atoms with E-state index in [1.165, 1.54) is 0 Å². The van der Waals surface area contributed by atoms with Gasteiger partial charge in [0.15, 0.2) is 5.58 Å². The molecule has 2 aromatic rings. The van der Waals surface area contributed by atoms with E-state index in [9.17, 15) is 4.79 Å². The van der Waals surface area contributed by atoms with Gasteiger partial charge in [-0.25, -0.2) is 0 Å². The van der Waals surface area contributed by atoms with Crippen molar-refractivity contribution in [2.45, 2.75) is 6.92 Å². The molecule has 1 aromatic heterocycles. The number of anilines is 1. The van der Waals surface area contributed by atoms with Gasteiger partial charge in [0.1, 0.15) is 5.52 Å². The zero-order valence-corrected chi connectivity index (χ0v) is 11.5. The van der Waals surface area contributed by atoms with Crippen molar-refractivity contribution >= 4 is 23.0 Å². The Morgan fingerprint density at radius 3 is 2.80 bits per heavy atom. The molecule has 0 atom stereocenters. The van der Waals surface area contributed by atoms with Gasteiger partial charge in [0.05, 0.1) is 6.54 Å². The molecule has 1 aromatic carbocycles. The number of nitrogens with zero attached hydrogens (tertiary/aromatic N) is 3. The fourth-order valence-electron chi connectivity index (χ4n) is 2.44. The Bertz CT molecular complexity index is 629. The molecule has 2 N–H and O–H groups in total. The van der Waals surface area contributed by atoms with E-state index in [2.05, 4.69) is 9.88 Å². The molecule has 3 rings (SSSR count). The Kier molecular flexibility index (Phi) is 3.31. The molecule has 1 aliphatic heterocycles. The number of benzene rings is 1. The predicted molar refractivity (Wildman–Crippen MR) is 76.6 cm³/mol. The van der Waals surface area contributed by atoms with Crippen LogP contribution in [-0.4, -0.2) is 48.5 Å². The first-order valence-electron chi connectivity index (χ1n) is 6.77. The summed E-state index contributed by atoms with van der Waals surface area (Å²) in [5.41, 5.74) is 8.21. The van der Waals surface area contributed by atoms with Gasteiger partial charge < -0.3 is 20.0 Å². The van der Waals surface area contributed by atoms with Crippen LogP contribution >= 0.6 is 0 Å². The van der Waals surface area contributed by atoms with Crippen molar-refractivity contribution in [2.75, 3.05) is 37.6 Å². The van der Waals surface area contributed by atoms with Crippen molar-refractivity contribution in [3.63, 3.8) is 0 Å². The van der Waals surface area contributed by atoms with Crippen molar-refractivity contribution in [3.05, 3.63) is 23.8 Å². The van der Waals surface area contributed by atoms with Crippen molar-refractivity contribution in [3.8, 4) is 0 Å². The van der Waals surface area contributed by atoms with Gasteiger partial charge >= 0.3 is 0 Å². The van der Waals surface area contributed by atoms with E-state index in [1.807, 2.05) is 25.1 Å². The van der Waals surface area contributed by atoms with Gasteiger partial charge in [0.25, 0.3) is 6.01 Å². The van der Waals surface area contributed by atoms with Crippen LogP contribution in [0.5, 0.6) is 0 Å². The molecule has 1 aliphatic rings. The predicted octanol–water partition coefficient (Wildman–Crippen LogP) is 0.744. The molecule has 2 heterocycles. The number of oxazole rings is 1. The minimum atomic E-state index is -0.00200. The fourth-order valence-corrected chi connectivity index (χ4v) is 2.44. The number of hydrogen-bond acceptors (Lipinski definition) is 5. The molecule has 0 saturated carbocycles. The number of fused-ring (bicyclic) bond motifs is 1. The second kappa shape index (κ2) is 5.13. The number of carbonyl (C=O) groups is 1. The largest absolute Gasteiger partial charge is 0.423 e. The summed E-state index contributed by atoms with van der Waals surface area (Å²) in [5, 5.41) is 0. The number of amides is 1. The quantitative estimate of drug-likeness (QED) is 0.874. The highest BCUT2D eigenvalue weighted by molar-refractivity contribution is 5.78. The maximum absolute atomic E-state index is 11.5. The Morgan fingerprint density at radius 1 is 1.35 bits per heavy atom. The zero-order chi connectivity index (χ0) is 14.1. The van der Waals surface area contributed by atoms with Crippen LogP contribution < -0.4 is 10.6 Å². The van der Waals surface area contributed by atoms with Crippen molar-refractivity contribution < 1.29 is 9.21 Å². The number of hydrogen-bond donors (Lipinski definition) is 1. The molecule has 0 spiro atoms. The summed E-state index contributed by atoms with van der Waals surface area (Å²) in [7, 11) is 0. The van der Waals surface area contributed by atoms with Crippen LogP contribution in [0.1, 0.15) is 5.56 Å². The van der Waals surface area contributed by atoms with E-state index in [0.717, 1.165) is 29.8 Å². The first-order valence-corrected chi connectivity index (χ1v) is 6.77. The first kappa shape index (κ1) is 12.9. The smallest absolute Gasteiger partial charge is 0.298 e. The molecule has 20 heavy (non-hydrogen) atoms.